The van der Waals surface area contributed by atoms with E-state index < -0.39 is 0 Å². The molecule has 2 heteroatoms. The molecule has 0 saturated heterocycles. The van der Waals surface area contributed by atoms with Crippen LogP contribution in [0, 0.1) is 11.8 Å². The first-order chi connectivity index (χ1) is 7.48. The number of methoxy groups -OCH3 is 1. The van der Waals surface area contributed by atoms with E-state index in [0.717, 1.165) is 25.2 Å². The van der Waals surface area contributed by atoms with Gasteiger partial charge in [0.05, 0.1) is 5.60 Å². The smallest absolute Gasteiger partial charge is 0.136 e. The molecule has 2 unspecified atom stereocenters. The number of Topliss-reactive ketones (excluding diaryl/α,β-unsaturated/α-hetero) is 1. The van der Waals surface area contributed by atoms with Crippen molar-refractivity contribution in [1.29, 1.82) is 0 Å². The Morgan fingerprint density at radius 1 is 1.38 bits per heavy atom. The number of hydrogen-bond donors (Lipinski definition) is 0. The van der Waals surface area contributed by atoms with Crippen LogP contribution in [0.3, 0.4) is 0 Å². The average Bonchev–Trinajstić information content (AvgIpc) is 2.74. The lowest BCUT2D eigenvalue weighted by molar-refractivity contribution is -0.124. The molecule has 1 fully saturated rings. The molecule has 1 rings (SSSR count). The Balaban J connectivity index is 2.31. The minimum absolute atomic E-state index is 0.154. The van der Waals surface area contributed by atoms with Crippen LogP contribution in [-0.2, 0) is 9.53 Å². The molecule has 0 N–H and O–H groups in total. The van der Waals surface area contributed by atoms with Crippen molar-refractivity contribution in [3.63, 3.8) is 0 Å². The molecule has 0 radical (unpaired) electrons. The monoisotopic (exact) mass is 226 g/mol. The number of carbonyl (C=O) groups is 1. The summed E-state index contributed by atoms with van der Waals surface area (Å²) < 4.78 is 5.34. The molecule has 0 amide bonds. The second kappa shape index (κ2) is 5.81. The van der Waals surface area contributed by atoms with Crippen LogP contribution in [0.1, 0.15) is 59.3 Å². The van der Waals surface area contributed by atoms with Crippen molar-refractivity contribution in [2.45, 2.75) is 64.9 Å². The number of carbonyl (C=O) groups excluding carboxylic acids is 1. The Kier molecular flexibility index (Phi) is 4.97. The van der Waals surface area contributed by atoms with Crippen molar-refractivity contribution in [2.24, 2.45) is 11.8 Å². The fourth-order valence-electron chi connectivity index (χ4n) is 2.47. The van der Waals surface area contributed by atoms with E-state index in [1.165, 1.54) is 12.8 Å². The lowest BCUT2D eigenvalue weighted by Gasteiger charge is -2.23. The number of hydrogen-bond acceptors (Lipinski definition) is 2. The van der Waals surface area contributed by atoms with Crippen LogP contribution in [-0.4, -0.2) is 18.5 Å². The molecular weight excluding hydrogens is 200 g/mol. The zero-order chi connectivity index (χ0) is 12.2. The molecule has 1 saturated carbocycles. The summed E-state index contributed by atoms with van der Waals surface area (Å²) in [5.41, 5.74) is -0.154. The predicted octanol–water partition coefficient (Wildman–Crippen LogP) is 3.59. The van der Waals surface area contributed by atoms with Crippen molar-refractivity contribution in [3.05, 3.63) is 0 Å². The summed E-state index contributed by atoms with van der Waals surface area (Å²) in [4.78, 5) is 12.0. The minimum Gasteiger partial charge on any atom is -0.379 e. The Morgan fingerprint density at radius 2 is 2.06 bits per heavy atom. The Bertz CT molecular complexity index is 233. The van der Waals surface area contributed by atoms with Gasteiger partial charge in [-0.05, 0) is 45.4 Å². The van der Waals surface area contributed by atoms with Crippen molar-refractivity contribution in [1.82, 2.24) is 0 Å². The maximum atomic E-state index is 12.0. The SMILES string of the molecule is CCC1CCC(C(=O)CCC(C)(C)OC)C1. The zero-order valence-electron chi connectivity index (χ0n) is 11.2. The van der Waals surface area contributed by atoms with Gasteiger partial charge in [-0.15, -0.1) is 0 Å². The van der Waals surface area contributed by atoms with Crippen LogP contribution in [0.2, 0.25) is 0 Å². The standard InChI is InChI=1S/C14H26O2/c1-5-11-6-7-12(10-11)13(15)8-9-14(2,3)16-4/h11-12H,5-10H2,1-4H3. The molecule has 2 atom stereocenters. The molecule has 0 spiro atoms. The maximum Gasteiger partial charge on any atom is 0.136 e. The molecule has 1 aliphatic carbocycles. The highest BCUT2D eigenvalue weighted by molar-refractivity contribution is 5.81. The summed E-state index contributed by atoms with van der Waals surface area (Å²) in [6.07, 6.45) is 6.25. The molecule has 0 aliphatic heterocycles. The molecule has 0 aromatic rings. The Hall–Kier alpha value is -0.370. The largest absolute Gasteiger partial charge is 0.379 e. The molecular formula is C14H26O2. The maximum absolute atomic E-state index is 12.0. The van der Waals surface area contributed by atoms with E-state index in [1.807, 2.05) is 13.8 Å². The van der Waals surface area contributed by atoms with Crippen molar-refractivity contribution in [2.75, 3.05) is 7.11 Å². The van der Waals surface area contributed by atoms with Crippen LogP contribution in [0.15, 0.2) is 0 Å². The summed E-state index contributed by atoms with van der Waals surface area (Å²) in [5.74, 6) is 1.60. The molecule has 0 aromatic carbocycles. The molecule has 1 aliphatic rings. The van der Waals surface area contributed by atoms with E-state index in [2.05, 4.69) is 6.92 Å². The third-order valence-corrected chi connectivity index (χ3v) is 4.10. The number of rotatable bonds is 6. The molecule has 16 heavy (non-hydrogen) atoms. The average molecular weight is 226 g/mol. The molecule has 0 aromatic heterocycles. The van der Waals surface area contributed by atoms with Gasteiger partial charge in [-0.25, -0.2) is 0 Å². The van der Waals surface area contributed by atoms with Crippen molar-refractivity contribution in [3.8, 4) is 0 Å². The second-order valence-corrected chi connectivity index (χ2v) is 5.71. The van der Waals surface area contributed by atoms with Crippen LogP contribution in [0.25, 0.3) is 0 Å². The van der Waals surface area contributed by atoms with Crippen molar-refractivity contribution < 1.29 is 9.53 Å². The molecule has 94 valence electrons. The third kappa shape index (κ3) is 3.89. The molecule has 2 nitrogen and oxygen atoms in total. The predicted molar refractivity (Wildman–Crippen MR) is 66.5 cm³/mol. The van der Waals surface area contributed by atoms with E-state index in [0.29, 0.717) is 18.1 Å². The lowest BCUT2D eigenvalue weighted by Crippen LogP contribution is -2.24. The van der Waals surface area contributed by atoms with E-state index in [4.69, 9.17) is 4.74 Å². The highest BCUT2D eigenvalue weighted by atomic mass is 16.5. The van der Waals surface area contributed by atoms with Gasteiger partial charge in [0.15, 0.2) is 0 Å². The fraction of sp³-hybridized carbons (Fsp3) is 0.929. The van der Waals surface area contributed by atoms with Crippen LogP contribution in [0.4, 0.5) is 0 Å². The van der Waals surface area contributed by atoms with Crippen LogP contribution >= 0.6 is 0 Å². The van der Waals surface area contributed by atoms with E-state index in [9.17, 15) is 4.79 Å². The summed E-state index contributed by atoms with van der Waals surface area (Å²) in [6, 6.07) is 0. The topological polar surface area (TPSA) is 26.3 Å². The Labute approximate surface area is 99.8 Å². The second-order valence-electron chi connectivity index (χ2n) is 5.71. The van der Waals surface area contributed by atoms with Crippen LogP contribution < -0.4 is 0 Å². The zero-order valence-corrected chi connectivity index (χ0v) is 11.2. The van der Waals surface area contributed by atoms with Gasteiger partial charge in [0.1, 0.15) is 5.78 Å². The van der Waals surface area contributed by atoms with E-state index in [-0.39, 0.29) is 5.60 Å². The first kappa shape index (κ1) is 13.7. The molecule has 0 heterocycles. The summed E-state index contributed by atoms with van der Waals surface area (Å²) in [6.45, 7) is 6.32. The van der Waals surface area contributed by atoms with Crippen LogP contribution in [0.5, 0.6) is 0 Å². The van der Waals surface area contributed by atoms with Gasteiger partial charge < -0.3 is 4.74 Å². The Morgan fingerprint density at radius 3 is 2.56 bits per heavy atom. The quantitative estimate of drug-likeness (QED) is 0.692. The number of ketones is 1. The summed E-state index contributed by atoms with van der Waals surface area (Å²) in [5, 5.41) is 0. The van der Waals surface area contributed by atoms with Gasteiger partial charge in [0.25, 0.3) is 0 Å². The first-order valence-electron chi connectivity index (χ1n) is 6.56. The fourth-order valence-corrected chi connectivity index (χ4v) is 2.47. The lowest BCUT2D eigenvalue weighted by atomic mass is 9.92. The summed E-state index contributed by atoms with van der Waals surface area (Å²) in [7, 11) is 1.72. The number of ether oxygens (including phenoxy) is 1. The first-order valence-corrected chi connectivity index (χ1v) is 6.56. The highest BCUT2D eigenvalue weighted by Crippen LogP contribution is 2.34. The van der Waals surface area contributed by atoms with E-state index >= 15 is 0 Å². The normalized spacial score (nSPS) is 26.0. The minimum atomic E-state index is -0.154. The van der Waals surface area contributed by atoms with Gasteiger partial charge in [-0.2, -0.15) is 0 Å². The van der Waals surface area contributed by atoms with Gasteiger partial charge in [0.2, 0.25) is 0 Å². The van der Waals surface area contributed by atoms with Gasteiger partial charge >= 0.3 is 0 Å². The van der Waals surface area contributed by atoms with Gasteiger partial charge in [-0.3, -0.25) is 4.79 Å². The summed E-state index contributed by atoms with van der Waals surface area (Å²) >= 11 is 0. The van der Waals surface area contributed by atoms with E-state index in [1.54, 1.807) is 7.11 Å². The molecule has 0 bridgehead atoms. The van der Waals surface area contributed by atoms with Gasteiger partial charge in [0, 0.05) is 19.4 Å². The highest BCUT2D eigenvalue weighted by Gasteiger charge is 2.29. The van der Waals surface area contributed by atoms with Gasteiger partial charge in [-0.1, -0.05) is 13.3 Å². The van der Waals surface area contributed by atoms with Crippen molar-refractivity contribution >= 4 is 5.78 Å². The third-order valence-electron chi connectivity index (χ3n) is 4.10.